The number of carbonyl (C=O) groups is 2. The Labute approximate surface area is 212 Å². The highest BCUT2D eigenvalue weighted by Gasteiger charge is 2.33. The standard InChI is InChI=1S/C25H25ClFN5O4/c1-3-23(33)32-8-4-5-21(32)25(34)31-20-12-16-19(13-22(20)36-10-9-35-2)28-14-29-24(16)30-15-6-7-18(27)17(26)11-15/h3,6-7,11-14,21H,1,4-5,8-10H2,2H3,(H,31,34)(H,28,29,30)/t21-/m0/s1. The Morgan fingerprint density at radius 2 is 2.11 bits per heavy atom. The Hall–Kier alpha value is -3.76. The summed E-state index contributed by atoms with van der Waals surface area (Å²) in [6.07, 6.45) is 3.84. The SMILES string of the molecule is C=CC(=O)N1CCC[C@H]1C(=O)Nc1cc2c(Nc3ccc(F)c(Cl)c3)ncnc2cc1OCCOC. The van der Waals surface area contributed by atoms with Crippen LogP contribution in [0, 0.1) is 5.82 Å². The van der Waals surface area contributed by atoms with Crippen LogP contribution in [0.2, 0.25) is 5.02 Å². The molecule has 1 saturated heterocycles. The highest BCUT2D eigenvalue weighted by molar-refractivity contribution is 6.31. The summed E-state index contributed by atoms with van der Waals surface area (Å²) >= 11 is 5.91. The number of nitrogens with zero attached hydrogens (tertiary/aromatic N) is 3. The van der Waals surface area contributed by atoms with Crippen LogP contribution in [0.5, 0.6) is 5.75 Å². The van der Waals surface area contributed by atoms with Gasteiger partial charge in [0.15, 0.2) is 0 Å². The zero-order chi connectivity index (χ0) is 25.7. The van der Waals surface area contributed by atoms with E-state index in [-0.39, 0.29) is 23.4 Å². The number of nitrogens with one attached hydrogen (secondary N) is 2. The smallest absolute Gasteiger partial charge is 0.247 e. The predicted octanol–water partition coefficient (Wildman–Crippen LogP) is 4.31. The summed E-state index contributed by atoms with van der Waals surface area (Å²) in [5.74, 6) is -0.350. The number of amides is 2. The van der Waals surface area contributed by atoms with E-state index in [0.29, 0.717) is 59.8 Å². The molecule has 1 aliphatic heterocycles. The van der Waals surface area contributed by atoms with Gasteiger partial charge in [0, 0.05) is 30.8 Å². The fourth-order valence-electron chi connectivity index (χ4n) is 3.98. The summed E-state index contributed by atoms with van der Waals surface area (Å²) in [6, 6.07) is 6.99. The van der Waals surface area contributed by atoms with Gasteiger partial charge < -0.3 is 25.0 Å². The first kappa shape index (κ1) is 25.3. The molecular weight excluding hydrogens is 489 g/mol. The summed E-state index contributed by atoms with van der Waals surface area (Å²) in [7, 11) is 1.56. The van der Waals surface area contributed by atoms with Crippen LogP contribution in [-0.2, 0) is 14.3 Å². The first-order chi connectivity index (χ1) is 17.4. The minimum absolute atomic E-state index is 0.0321. The Morgan fingerprint density at radius 3 is 2.86 bits per heavy atom. The van der Waals surface area contributed by atoms with Crippen LogP contribution in [0.3, 0.4) is 0 Å². The van der Waals surface area contributed by atoms with Crippen LogP contribution in [0.15, 0.2) is 49.3 Å². The molecule has 2 heterocycles. The number of anilines is 3. The molecule has 0 unspecified atom stereocenters. The summed E-state index contributed by atoms with van der Waals surface area (Å²) in [5.41, 5.74) is 1.46. The van der Waals surface area contributed by atoms with Crippen molar-refractivity contribution >= 4 is 51.5 Å². The largest absolute Gasteiger partial charge is 0.489 e. The predicted molar refractivity (Wildman–Crippen MR) is 135 cm³/mol. The molecule has 1 atom stereocenters. The van der Waals surface area contributed by atoms with Crippen molar-refractivity contribution in [1.29, 1.82) is 0 Å². The van der Waals surface area contributed by atoms with E-state index in [4.69, 9.17) is 21.1 Å². The number of hydrogen-bond acceptors (Lipinski definition) is 7. The molecule has 0 spiro atoms. The number of ether oxygens (including phenoxy) is 2. The second-order valence-corrected chi connectivity index (χ2v) is 8.47. The third kappa shape index (κ3) is 5.55. The van der Waals surface area contributed by atoms with Gasteiger partial charge in [0.1, 0.15) is 36.4 Å². The van der Waals surface area contributed by atoms with Crippen LogP contribution in [0.25, 0.3) is 10.9 Å². The van der Waals surface area contributed by atoms with Crippen molar-refractivity contribution in [3.8, 4) is 5.75 Å². The molecular formula is C25H25ClFN5O4. The molecule has 4 rings (SSSR count). The van der Waals surface area contributed by atoms with Gasteiger partial charge in [-0.15, -0.1) is 0 Å². The topological polar surface area (TPSA) is 106 Å². The number of benzene rings is 2. The summed E-state index contributed by atoms with van der Waals surface area (Å²) in [4.78, 5) is 35.5. The van der Waals surface area contributed by atoms with E-state index in [9.17, 15) is 14.0 Å². The van der Waals surface area contributed by atoms with E-state index in [0.717, 1.165) is 0 Å². The highest BCUT2D eigenvalue weighted by Crippen LogP contribution is 2.34. The summed E-state index contributed by atoms with van der Waals surface area (Å²) in [5, 5.41) is 6.56. The molecule has 0 aliphatic carbocycles. The maximum atomic E-state index is 13.6. The second-order valence-electron chi connectivity index (χ2n) is 8.07. The number of aromatic nitrogens is 2. The highest BCUT2D eigenvalue weighted by atomic mass is 35.5. The van der Waals surface area contributed by atoms with E-state index >= 15 is 0 Å². The van der Waals surface area contributed by atoms with Gasteiger partial charge in [-0.2, -0.15) is 0 Å². The van der Waals surface area contributed by atoms with Gasteiger partial charge in [0.2, 0.25) is 11.8 Å². The lowest BCUT2D eigenvalue weighted by atomic mass is 10.1. The van der Waals surface area contributed by atoms with Gasteiger partial charge in [0.25, 0.3) is 0 Å². The first-order valence-corrected chi connectivity index (χ1v) is 11.7. The number of methoxy groups -OCH3 is 1. The molecule has 1 fully saturated rings. The van der Waals surface area contributed by atoms with E-state index in [1.54, 1.807) is 19.2 Å². The minimum Gasteiger partial charge on any atom is -0.489 e. The quantitative estimate of drug-likeness (QED) is 0.324. The van der Waals surface area contributed by atoms with E-state index in [1.807, 2.05) is 0 Å². The number of rotatable bonds is 9. The van der Waals surface area contributed by atoms with Crippen molar-refractivity contribution in [2.75, 3.05) is 37.5 Å². The molecule has 2 N–H and O–H groups in total. The average Bonchev–Trinajstić information content (AvgIpc) is 3.37. The van der Waals surface area contributed by atoms with Crippen molar-refractivity contribution in [2.24, 2.45) is 0 Å². The van der Waals surface area contributed by atoms with Crippen LogP contribution in [0.4, 0.5) is 21.6 Å². The van der Waals surface area contributed by atoms with Gasteiger partial charge in [-0.25, -0.2) is 14.4 Å². The van der Waals surface area contributed by atoms with Gasteiger partial charge >= 0.3 is 0 Å². The Kier molecular flexibility index (Phi) is 7.97. The Morgan fingerprint density at radius 1 is 1.28 bits per heavy atom. The average molecular weight is 514 g/mol. The summed E-state index contributed by atoms with van der Waals surface area (Å²) in [6.45, 7) is 4.60. The van der Waals surface area contributed by atoms with Crippen molar-refractivity contribution in [3.05, 3.63) is 60.2 Å². The first-order valence-electron chi connectivity index (χ1n) is 11.3. The molecule has 2 amide bonds. The monoisotopic (exact) mass is 513 g/mol. The zero-order valence-corrected chi connectivity index (χ0v) is 20.3. The second kappa shape index (κ2) is 11.3. The number of fused-ring (bicyclic) bond motifs is 1. The summed E-state index contributed by atoms with van der Waals surface area (Å²) < 4.78 is 24.5. The fraction of sp³-hybridized carbons (Fsp3) is 0.280. The molecule has 1 aliphatic rings. The lowest BCUT2D eigenvalue weighted by Crippen LogP contribution is -2.42. The molecule has 11 heteroatoms. The van der Waals surface area contributed by atoms with Crippen molar-refractivity contribution in [1.82, 2.24) is 14.9 Å². The lowest BCUT2D eigenvalue weighted by molar-refractivity contribution is -0.132. The molecule has 188 valence electrons. The van der Waals surface area contributed by atoms with E-state index in [2.05, 4.69) is 27.2 Å². The maximum absolute atomic E-state index is 13.6. The molecule has 1 aromatic heterocycles. The van der Waals surface area contributed by atoms with Gasteiger partial charge in [-0.05, 0) is 43.2 Å². The zero-order valence-electron chi connectivity index (χ0n) is 19.6. The molecule has 36 heavy (non-hydrogen) atoms. The molecule has 0 bridgehead atoms. The number of hydrogen-bond donors (Lipinski definition) is 2. The van der Waals surface area contributed by atoms with Crippen LogP contribution >= 0.6 is 11.6 Å². The van der Waals surface area contributed by atoms with E-state index in [1.165, 1.54) is 35.5 Å². The molecule has 0 saturated carbocycles. The normalized spacial score (nSPS) is 15.1. The lowest BCUT2D eigenvalue weighted by Gasteiger charge is -2.23. The molecule has 2 aromatic carbocycles. The molecule has 9 nitrogen and oxygen atoms in total. The Balaban J connectivity index is 1.69. The minimum atomic E-state index is -0.621. The van der Waals surface area contributed by atoms with Crippen molar-refractivity contribution < 1.29 is 23.5 Å². The van der Waals surface area contributed by atoms with Crippen LogP contribution in [0.1, 0.15) is 12.8 Å². The molecule has 0 radical (unpaired) electrons. The van der Waals surface area contributed by atoms with Crippen molar-refractivity contribution in [2.45, 2.75) is 18.9 Å². The Bertz CT molecular complexity index is 1300. The number of carbonyl (C=O) groups excluding carboxylic acids is 2. The fourth-order valence-corrected chi connectivity index (χ4v) is 4.16. The van der Waals surface area contributed by atoms with Crippen LogP contribution < -0.4 is 15.4 Å². The van der Waals surface area contributed by atoms with E-state index < -0.39 is 11.9 Å². The van der Waals surface area contributed by atoms with Crippen LogP contribution in [-0.4, -0.2) is 59.6 Å². The maximum Gasteiger partial charge on any atom is 0.247 e. The van der Waals surface area contributed by atoms with Gasteiger partial charge in [-0.3, -0.25) is 9.59 Å². The van der Waals surface area contributed by atoms with Crippen molar-refractivity contribution in [3.63, 3.8) is 0 Å². The molecule has 3 aromatic rings. The number of likely N-dealkylation sites (tertiary alicyclic amines) is 1. The van der Waals surface area contributed by atoms with Gasteiger partial charge in [-0.1, -0.05) is 18.2 Å². The third-order valence-electron chi connectivity index (χ3n) is 5.74. The van der Waals surface area contributed by atoms with Gasteiger partial charge in [0.05, 0.1) is 22.8 Å². The third-order valence-corrected chi connectivity index (χ3v) is 6.02. The number of halogens is 2.